The Bertz CT molecular complexity index is 849. The number of anilines is 3. The molecule has 0 spiro atoms. The summed E-state index contributed by atoms with van der Waals surface area (Å²) in [5.74, 6) is 2.35. The monoisotopic (exact) mass is 332 g/mol. The maximum atomic E-state index is 4.49. The van der Waals surface area contributed by atoms with Crippen molar-refractivity contribution in [2.24, 2.45) is 0 Å². The van der Waals surface area contributed by atoms with E-state index in [0.29, 0.717) is 0 Å². The smallest absolute Gasteiger partial charge is 0.136 e. The highest BCUT2D eigenvalue weighted by atomic mass is 15.1. The van der Waals surface area contributed by atoms with Crippen LogP contribution in [0.4, 0.5) is 17.3 Å². The van der Waals surface area contributed by atoms with E-state index in [1.54, 1.807) is 0 Å². The lowest BCUT2D eigenvalue weighted by Gasteiger charge is -2.11. The van der Waals surface area contributed by atoms with Crippen LogP contribution in [-0.4, -0.2) is 9.97 Å². The first-order valence-electron chi connectivity index (χ1n) is 8.48. The van der Waals surface area contributed by atoms with Crippen molar-refractivity contribution in [1.29, 1.82) is 0 Å². The fourth-order valence-electron chi connectivity index (χ4n) is 2.82. The van der Waals surface area contributed by atoms with Crippen molar-refractivity contribution in [1.82, 2.24) is 9.97 Å². The maximum absolute atomic E-state index is 4.49. The van der Waals surface area contributed by atoms with Crippen LogP contribution in [0, 0.1) is 27.7 Å². The molecule has 1 aromatic heterocycles. The largest absolute Gasteiger partial charge is 0.366 e. The first-order valence-corrected chi connectivity index (χ1v) is 8.48. The molecule has 4 heteroatoms. The third-order valence-electron chi connectivity index (χ3n) is 3.93. The number of aromatic nitrogens is 2. The van der Waals surface area contributed by atoms with Gasteiger partial charge >= 0.3 is 0 Å². The zero-order chi connectivity index (χ0) is 17.8. The first-order chi connectivity index (χ1) is 12.0. The molecule has 128 valence electrons. The maximum Gasteiger partial charge on any atom is 0.136 e. The van der Waals surface area contributed by atoms with Gasteiger partial charge in [-0.2, -0.15) is 0 Å². The molecule has 0 saturated carbocycles. The quantitative estimate of drug-likeness (QED) is 0.685. The van der Waals surface area contributed by atoms with Crippen LogP contribution in [0.1, 0.15) is 28.1 Å². The lowest BCUT2D eigenvalue weighted by Crippen LogP contribution is -2.05. The number of hydrogen-bond acceptors (Lipinski definition) is 4. The molecule has 4 nitrogen and oxygen atoms in total. The van der Waals surface area contributed by atoms with E-state index in [9.17, 15) is 0 Å². The lowest BCUT2D eigenvalue weighted by atomic mass is 10.1. The number of hydrogen-bond donors (Lipinski definition) is 2. The predicted molar refractivity (Wildman–Crippen MR) is 104 cm³/mol. The highest BCUT2D eigenvalue weighted by molar-refractivity contribution is 5.60. The van der Waals surface area contributed by atoms with Crippen LogP contribution in [-0.2, 0) is 6.54 Å². The van der Waals surface area contributed by atoms with E-state index in [1.165, 1.54) is 22.3 Å². The standard InChI is InChI=1S/C21H24N4/c1-14-5-7-18(8-6-14)13-22-20-12-21(24-17(4)23-20)25-19-10-15(2)9-16(3)11-19/h5-12H,13H2,1-4H3,(H2,22,23,24,25). The van der Waals surface area contributed by atoms with E-state index in [2.05, 4.69) is 83.8 Å². The summed E-state index contributed by atoms with van der Waals surface area (Å²) in [4.78, 5) is 8.97. The minimum atomic E-state index is 0.736. The summed E-state index contributed by atoms with van der Waals surface area (Å²) in [6.45, 7) is 8.93. The summed E-state index contributed by atoms with van der Waals surface area (Å²) >= 11 is 0. The minimum Gasteiger partial charge on any atom is -0.366 e. The van der Waals surface area contributed by atoms with E-state index in [0.717, 1.165) is 29.7 Å². The summed E-state index contributed by atoms with van der Waals surface area (Å²) < 4.78 is 0. The highest BCUT2D eigenvalue weighted by Crippen LogP contribution is 2.20. The van der Waals surface area contributed by atoms with E-state index < -0.39 is 0 Å². The number of nitrogens with zero attached hydrogens (tertiary/aromatic N) is 2. The van der Waals surface area contributed by atoms with Gasteiger partial charge in [0, 0.05) is 18.3 Å². The molecule has 0 aliphatic rings. The third-order valence-corrected chi connectivity index (χ3v) is 3.93. The Balaban J connectivity index is 1.74. The molecular formula is C21H24N4. The van der Waals surface area contributed by atoms with Crippen molar-refractivity contribution in [3.05, 3.63) is 76.6 Å². The van der Waals surface area contributed by atoms with Gasteiger partial charge in [-0.3, -0.25) is 0 Å². The van der Waals surface area contributed by atoms with Crippen molar-refractivity contribution in [2.45, 2.75) is 34.2 Å². The number of rotatable bonds is 5. The van der Waals surface area contributed by atoms with Gasteiger partial charge < -0.3 is 10.6 Å². The average molecular weight is 332 g/mol. The van der Waals surface area contributed by atoms with Gasteiger partial charge in [0.05, 0.1) is 0 Å². The molecule has 0 aliphatic carbocycles. The number of aryl methyl sites for hydroxylation is 4. The van der Waals surface area contributed by atoms with Crippen LogP contribution >= 0.6 is 0 Å². The Morgan fingerprint density at radius 1 is 0.720 bits per heavy atom. The fourth-order valence-corrected chi connectivity index (χ4v) is 2.82. The molecule has 2 N–H and O–H groups in total. The molecule has 0 bridgehead atoms. The molecule has 0 unspecified atom stereocenters. The summed E-state index contributed by atoms with van der Waals surface area (Å²) in [5, 5.41) is 6.76. The molecule has 0 aliphatic heterocycles. The Morgan fingerprint density at radius 3 is 2.04 bits per heavy atom. The second-order valence-corrected chi connectivity index (χ2v) is 6.53. The predicted octanol–water partition coefficient (Wildman–Crippen LogP) is 5.07. The second kappa shape index (κ2) is 7.34. The van der Waals surface area contributed by atoms with Crippen LogP contribution in [0.25, 0.3) is 0 Å². The first kappa shape index (κ1) is 17.0. The van der Waals surface area contributed by atoms with Crippen molar-refractivity contribution in [2.75, 3.05) is 10.6 Å². The zero-order valence-corrected chi connectivity index (χ0v) is 15.2. The normalized spacial score (nSPS) is 10.6. The number of benzene rings is 2. The van der Waals surface area contributed by atoms with Gasteiger partial charge in [0.25, 0.3) is 0 Å². The molecule has 2 aromatic carbocycles. The molecule has 0 amide bonds. The van der Waals surface area contributed by atoms with E-state index in [-0.39, 0.29) is 0 Å². The topological polar surface area (TPSA) is 49.8 Å². The molecule has 3 aromatic rings. The Hall–Kier alpha value is -2.88. The van der Waals surface area contributed by atoms with Gasteiger partial charge in [-0.15, -0.1) is 0 Å². The van der Waals surface area contributed by atoms with E-state index >= 15 is 0 Å². The molecule has 0 fully saturated rings. The summed E-state index contributed by atoms with van der Waals surface area (Å²) in [6, 6.07) is 16.8. The van der Waals surface area contributed by atoms with E-state index in [1.807, 2.05) is 13.0 Å². The Kier molecular flexibility index (Phi) is 4.98. The molecule has 0 saturated heterocycles. The van der Waals surface area contributed by atoms with Crippen LogP contribution in [0.2, 0.25) is 0 Å². The van der Waals surface area contributed by atoms with Crippen LogP contribution in [0.3, 0.4) is 0 Å². The lowest BCUT2D eigenvalue weighted by molar-refractivity contribution is 1.02. The van der Waals surface area contributed by atoms with Crippen LogP contribution in [0.5, 0.6) is 0 Å². The van der Waals surface area contributed by atoms with Crippen molar-refractivity contribution >= 4 is 17.3 Å². The third kappa shape index (κ3) is 4.80. The zero-order valence-electron chi connectivity index (χ0n) is 15.2. The van der Waals surface area contributed by atoms with Gasteiger partial charge in [-0.05, 0) is 56.5 Å². The van der Waals surface area contributed by atoms with Crippen LogP contribution in [0.15, 0.2) is 48.5 Å². The molecule has 0 radical (unpaired) electrons. The van der Waals surface area contributed by atoms with Crippen molar-refractivity contribution in [3.8, 4) is 0 Å². The van der Waals surface area contributed by atoms with Crippen LogP contribution < -0.4 is 10.6 Å². The van der Waals surface area contributed by atoms with Gasteiger partial charge in [-0.25, -0.2) is 9.97 Å². The highest BCUT2D eigenvalue weighted by Gasteiger charge is 2.04. The summed E-state index contributed by atoms with van der Waals surface area (Å²) in [6.07, 6.45) is 0. The number of nitrogens with one attached hydrogen (secondary N) is 2. The summed E-state index contributed by atoms with van der Waals surface area (Å²) in [7, 11) is 0. The Morgan fingerprint density at radius 2 is 1.36 bits per heavy atom. The average Bonchev–Trinajstić information content (AvgIpc) is 2.53. The summed E-state index contributed by atoms with van der Waals surface area (Å²) in [5.41, 5.74) is 5.99. The van der Waals surface area contributed by atoms with E-state index in [4.69, 9.17) is 0 Å². The van der Waals surface area contributed by atoms with Crippen molar-refractivity contribution in [3.63, 3.8) is 0 Å². The molecule has 3 rings (SSSR count). The molecule has 0 atom stereocenters. The van der Waals surface area contributed by atoms with Gasteiger partial charge in [0.1, 0.15) is 17.5 Å². The molecular weight excluding hydrogens is 308 g/mol. The fraction of sp³-hybridized carbons (Fsp3) is 0.238. The van der Waals surface area contributed by atoms with Gasteiger partial charge in [-0.1, -0.05) is 35.9 Å². The Labute approximate surface area is 149 Å². The second-order valence-electron chi connectivity index (χ2n) is 6.53. The minimum absolute atomic E-state index is 0.736. The molecule has 1 heterocycles. The molecule has 25 heavy (non-hydrogen) atoms. The van der Waals surface area contributed by atoms with Gasteiger partial charge in [0.15, 0.2) is 0 Å². The van der Waals surface area contributed by atoms with Crippen molar-refractivity contribution < 1.29 is 0 Å². The van der Waals surface area contributed by atoms with Gasteiger partial charge in [0.2, 0.25) is 0 Å². The SMILES string of the molecule is Cc1ccc(CNc2cc(Nc3cc(C)cc(C)c3)nc(C)n2)cc1.